The van der Waals surface area contributed by atoms with Crippen LogP contribution < -0.4 is 0 Å². The molecule has 2 aromatic rings. The van der Waals surface area contributed by atoms with E-state index in [1.165, 1.54) is 23.6 Å². The highest BCUT2D eigenvalue weighted by Crippen LogP contribution is 2.13. The van der Waals surface area contributed by atoms with Crippen molar-refractivity contribution in [3.63, 3.8) is 0 Å². The van der Waals surface area contributed by atoms with Crippen molar-refractivity contribution in [3.8, 4) is 0 Å². The topological polar surface area (TPSA) is 26.3 Å². The number of esters is 1. The molecular formula is C20H26O2. The maximum atomic E-state index is 10.4. The molecule has 0 heterocycles. The molecule has 0 saturated heterocycles. The molecular weight excluding hydrogens is 272 g/mol. The molecule has 0 aliphatic heterocycles. The van der Waals surface area contributed by atoms with Crippen LogP contribution in [0.2, 0.25) is 0 Å². The average molecular weight is 298 g/mol. The van der Waals surface area contributed by atoms with Gasteiger partial charge >= 0.3 is 5.97 Å². The predicted octanol–water partition coefficient (Wildman–Crippen LogP) is 4.91. The largest absolute Gasteiger partial charge is 0.466 e. The monoisotopic (exact) mass is 298 g/mol. The second-order valence-corrected chi connectivity index (χ2v) is 5.64. The van der Waals surface area contributed by atoms with E-state index in [1.807, 2.05) is 30.3 Å². The Morgan fingerprint density at radius 2 is 1.59 bits per heavy atom. The van der Waals surface area contributed by atoms with Gasteiger partial charge in [-0.3, -0.25) is 4.79 Å². The molecule has 0 aliphatic carbocycles. The highest BCUT2D eigenvalue weighted by Gasteiger charge is 1.95. The Bertz CT molecular complexity index is 542. The highest BCUT2D eigenvalue weighted by atomic mass is 16.5. The van der Waals surface area contributed by atoms with Gasteiger partial charge in [0.1, 0.15) is 0 Å². The van der Waals surface area contributed by atoms with E-state index in [0.29, 0.717) is 12.5 Å². The first-order valence-electron chi connectivity index (χ1n) is 7.73. The van der Waals surface area contributed by atoms with Gasteiger partial charge in [0, 0.05) is 13.3 Å². The van der Waals surface area contributed by atoms with Gasteiger partial charge in [0.2, 0.25) is 0 Å². The van der Waals surface area contributed by atoms with Crippen molar-refractivity contribution < 1.29 is 9.53 Å². The van der Waals surface area contributed by atoms with Gasteiger partial charge in [0.15, 0.2) is 0 Å². The quantitative estimate of drug-likeness (QED) is 0.750. The van der Waals surface area contributed by atoms with E-state index in [2.05, 4.69) is 45.0 Å². The van der Waals surface area contributed by atoms with Gasteiger partial charge in [-0.2, -0.15) is 0 Å². The van der Waals surface area contributed by atoms with Crippen molar-refractivity contribution in [1.82, 2.24) is 0 Å². The van der Waals surface area contributed by atoms with Gasteiger partial charge in [-0.1, -0.05) is 74.0 Å². The molecule has 0 aliphatic rings. The fourth-order valence-corrected chi connectivity index (χ4v) is 1.91. The van der Waals surface area contributed by atoms with Gasteiger partial charge in [-0.25, -0.2) is 0 Å². The standard InChI is InChI=1S/C10H12O2.C10H14/c1-9(11)12-8-7-10-5-3-2-4-6-10;1-8(2)10-6-4-9(3)5-7-10/h2-6H,7-8H2,1H3;4-8H,1-3H3. The second-order valence-electron chi connectivity index (χ2n) is 5.64. The van der Waals surface area contributed by atoms with Gasteiger partial charge in [0.25, 0.3) is 0 Å². The molecule has 0 spiro atoms. The zero-order valence-electron chi connectivity index (χ0n) is 14.0. The van der Waals surface area contributed by atoms with Crippen LogP contribution in [0.3, 0.4) is 0 Å². The summed E-state index contributed by atoms with van der Waals surface area (Å²) in [5.41, 5.74) is 3.95. The molecule has 0 amide bonds. The SMILES string of the molecule is CC(=O)OCCc1ccccc1.Cc1ccc(C(C)C)cc1. The van der Waals surface area contributed by atoms with Crippen LogP contribution in [0.15, 0.2) is 54.6 Å². The number of benzene rings is 2. The first kappa shape index (κ1) is 18.0. The van der Waals surface area contributed by atoms with Gasteiger partial charge in [-0.15, -0.1) is 0 Å². The average Bonchev–Trinajstić information content (AvgIpc) is 2.49. The number of rotatable bonds is 4. The van der Waals surface area contributed by atoms with Crippen LogP contribution in [-0.2, 0) is 16.0 Å². The van der Waals surface area contributed by atoms with Crippen molar-refractivity contribution in [2.24, 2.45) is 0 Å². The lowest BCUT2D eigenvalue weighted by molar-refractivity contribution is -0.140. The Morgan fingerprint density at radius 1 is 1.00 bits per heavy atom. The third kappa shape index (κ3) is 7.63. The predicted molar refractivity (Wildman–Crippen MR) is 92.0 cm³/mol. The van der Waals surface area contributed by atoms with Crippen LogP contribution in [0.25, 0.3) is 0 Å². The van der Waals surface area contributed by atoms with Crippen LogP contribution in [0.4, 0.5) is 0 Å². The van der Waals surface area contributed by atoms with Gasteiger partial charge in [0.05, 0.1) is 6.61 Å². The molecule has 22 heavy (non-hydrogen) atoms. The number of carbonyl (C=O) groups is 1. The Labute approximate surface area is 134 Å². The van der Waals surface area contributed by atoms with E-state index in [-0.39, 0.29) is 5.97 Å². The molecule has 0 N–H and O–H groups in total. The third-order valence-corrected chi connectivity index (χ3v) is 3.28. The molecule has 0 bridgehead atoms. The third-order valence-electron chi connectivity index (χ3n) is 3.28. The maximum absolute atomic E-state index is 10.4. The molecule has 118 valence electrons. The number of ether oxygens (including phenoxy) is 1. The Hall–Kier alpha value is -2.09. The minimum absolute atomic E-state index is 0.217. The van der Waals surface area contributed by atoms with E-state index in [4.69, 9.17) is 4.74 Å². The summed E-state index contributed by atoms with van der Waals surface area (Å²) in [6.45, 7) is 8.43. The molecule has 0 fully saturated rings. The molecule has 0 atom stereocenters. The molecule has 0 unspecified atom stereocenters. The summed E-state index contributed by atoms with van der Waals surface area (Å²) in [6.07, 6.45) is 0.792. The van der Waals surface area contributed by atoms with E-state index in [1.54, 1.807) is 0 Å². The summed E-state index contributed by atoms with van der Waals surface area (Å²) < 4.78 is 4.81. The zero-order chi connectivity index (χ0) is 16.4. The van der Waals surface area contributed by atoms with Crippen molar-refractivity contribution in [2.75, 3.05) is 6.61 Å². The molecule has 2 rings (SSSR count). The first-order valence-corrected chi connectivity index (χ1v) is 7.73. The smallest absolute Gasteiger partial charge is 0.302 e. The van der Waals surface area contributed by atoms with Crippen LogP contribution >= 0.6 is 0 Å². The molecule has 0 aromatic heterocycles. The summed E-state index contributed by atoms with van der Waals surface area (Å²) in [6, 6.07) is 18.7. The van der Waals surface area contributed by atoms with Crippen LogP contribution in [-0.4, -0.2) is 12.6 Å². The van der Waals surface area contributed by atoms with E-state index < -0.39 is 0 Å². The first-order chi connectivity index (χ1) is 10.5. The van der Waals surface area contributed by atoms with Crippen molar-refractivity contribution >= 4 is 5.97 Å². The lowest BCUT2D eigenvalue weighted by Crippen LogP contribution is -2.02. The Balaban J connectivity index is 0.000000224. The summed E-state index contributed by atoms with van der Waals surface area (Å²) in [7, 11) is 0. The molecule has 2 aromatic carbocycles. The minimum atomic E-state index is -0.217. The second kappa shape index (κ2) is 9.78. The summed E-state index contributed by atoms with van der Waals surface area (Å²) >= 11 is 0. The Kier molecular flexibility index (Phi) is 7.98. The maximum Gasteiger partial charge on any atom is 0.302 e. The van der Waals surface area contributed by atoms with Crippen LogP contribution in [0, 0.1) is 6.92 Å². The summed E-state index contributed by atoms with van der Waals surface area (Å²) in [5, 5.41) is 0. The van der Waals surface area contributed by atoms with E-state index in [9.17, 15) is 4.79 Å². The normalized spacial score (nSPS) is 9.86. The van der Waals surface area contributed by atoms with E-state index in [0.717, 1.165) is 6.42 Å². The minimum Gasteiger partial charge on any atom is -0.466 e. The Morgan fingerprint density at radius 3 is 2.09 bits per heavy atom. The van der Waals surface area contributed by atoms with Crippen LogP contribution in [0.5, 0.6) is 0 Å². The summed E-state index contributed by atoms with van der Waals surface area (Å²) in [5.74, 6) is 0.437. The van der Waals surface area contributed by atoms with E-state index >= 15 is 0 Å². The highest BCUT2D eigenvalue weighted by molar-refractivity contribution is 5.65. The molecule has 2 nitrogen and oxygen atoms in total. The fourth-order valence-electron chi connectivity index (χ4n) is 1.91. The van der Waals surface area contributed by atoms with Crippen molar-refractivity contribution in [1.29, 1.82) is 0 Å². The number of carbonyl (C=O) groups excluding carboxylic acids is 1. The van der Waals surface area contributed by atoms with Crippen LogP contribution in [0.1, 0.15) is 43.4 Å². The molecule has 0 saturated carbocycles. The fraction of sp³-hybridized carbons (Fsp3) is 0.350. The number of hydrogen-bond acceptors (Lipinski definition) is 2. The molecule has 2 heteroatoms. The van der Waals surface area contributed by atoms with Crippen molar-refractivity contribution in [3.05, 3.63) is 71.3 Å². The van der Waals surface area contributed by atoms with Gasteiger partial charge in [-0.05, 0) is 24.0 Å². The van der Waals surface area contributed by atoms with Crippen molar-refractivity contribution in [2.45, 2.75) is 40.0 Å². The number of hydrogen-bond donors (Lipinski definition) is 0. The zero-order valence-corrected chi connectivity index (χ0v) is 14.0. The molecule has 0 radical (unpaired) electrons. The lowest BCUT2D eigenvalue weighted by atomic mass is 10.0. The number of aryl methyl sites for hydroxylation is 1. The van der Waals surface area contributed by atoms with Gasteiger partial charge < -0.3 is 4.74 Å². The summed E-state index contributed by atoms with van der Waals surface area (Å²) in [4.78, 5) is 10.4. The lowest BCUT2D eigenvalue weighted by Gasteiger charge is -2.03.